The molecule has 0 N–H and O–H groups in total. The number of alkyl halides is 3. The van der Waals surface area contributed by atoms with Crippen LogP contribution in [0, 0.1) is 0 Å². The summed E-state index contributed by atoms with van der Waals surface area (Å²) in [7, 11) is 2.42. The van der Waals surface area contributed by atoms with Crippen LogP contribution in [0.2, 0.25) is 0 Å². The van der Waals surface area contributed by atoms with Crippen molar-refractivity contribution in [3.63, 3.8) is 0 Å². The van der Waals surface area contributed by atoms with Crippen molar-refractivity contribution in [1.29, 1.82) is 0 Å². The second-order valence-electron chi connectivity index (χ2n) is 3.31. The van der Waals surface area contributed by atoms with Crippen LogP contribution >= 0.6 is 0 Å². The van der Waals surface area contributed by atoms with E-state index in [0.29, 0.717) is 11.8 Å². The molecule has 1 aromatic rings. The summed E-state index contributed by atoms with van der Waals surface area (Å²) in [6, 6.07) is 5.21. The molecule has 0 fully saturated rings. The number of methoxy groups -OCH3 is 2. The lowest BCUT2D eigenvalue weighted by Gasteiger charge is -2.12. The molecule has 3 nitrogen and oxygen atoms in total. The molecular formula is C12H11F3O3. The molecule has 0 aliphatic rings. The van der Waals surface area contributed by atoms with Gasteiger partial charge < -0.3 is 9.47 Å². The van der Waals surface area contributed by atoms with Crippen molar-refractivity contribution in [3.05, 3.63) is 35.9 Å². The van der Waals surface area contributed by atoms with E-state index in [-0.39, 0.29) is 5.56 Å². The average Bonchev–Trinajstić information content (AvgIpc) is 2.34. The van der Waals surface area contributed by atoms with Crippen LogP contribution in [0.5, 0.6) is 5.75 Å². The maximum absolute atomic E-state index is 12.8. The van der Waals surface area contributed by atoms with Gasteiger partial charge in [-0.1, -0.05) is 12.1 Å². The first-order valence-corrected chi connectivity index (χ1v) is 4.89. The molecule has 0 bridgehead atoms. The normalized spacial score (nSPS) is 12.2. The molecule has 0 radical (unpaired) electrons. The van der Waals surface area contributed by atoms with Crippen LogP contribution in [0.3, 0.4) is 0 Å². The molecule has 0 saturated carbocycles. The minimum atomic E-state index is -4.64. The van der Waals surface area contributed by atoms with Gasteiger partial charge in [-0.2, -0.15) is 13.2 Å². The van der Waals surface area contributed by atoms with Gasteiger partial charge in [0.1, 0.15) is 5.75 Å². The van der Waals surface area contributed by atoms with Crippen molar-refractivity contribution < 1.29 is 27.4 Å². The highest BCUT2D eigenvalue weighted by Crippen LogP contribution is 2.34. The summed E-state index contributed by atoms with van der Waals surface area (Å²) in [4.78, 5) is 10.9. The molecule has 0 atom stereocenters. The van der Waals surface area contributed by atoms with Crippen molar-refractivity contribution in [2.24, 2.45) is 0 Å². The number of ether oxygens (including phenoxy) is 2. The Labute approximate surface area is 102 Å². The van der Waals surface area contributed by atoms with E-state index >= 15 is 0 Å². The maximum atomic E-state index is 12.8. The molecule has 1 rings (SSSR count). The quantitative estimate of drug-likeness (QED) is 0.619. The third kappa shape index (κ3) is 3.51. The van der Waals surface area contributed by atoms with E-state index in [1.807, 2.05) is 0 Å². The van der Waals surface area contributed by atoms with Crippen LogP contribution in [-0.2, 0) is 9.53 Å². The van der Waals surface area contributed by atoms with Gasteiger partial charge in [-0.25, -0.2) is 4.79 Å². The van der Waals surface area contributed by atoms with E-state index in [1.54, 1.807) is 0 Å². The van der Waals surface area contributed by atoms with Crippen LogP contribution in [-0.4, -0.2) is 26.4 Å². The number of allylic oxidation sites excluding steroid dienone is 1. The molecule has 0 aliphatic carbocycles. The number of benzene rings is 1. The lowest BCUT2D eigenvalue weighted by molar-refractivity contribution is -0.135. The lowest BCUT2D eigenvalue weighted by Crippen LogP contribution is -2.13. The Morgan fingerprint density at radius 1 is 1.17 bits per heavy atom. The minimum absolute atomic E-state index is 0.131. The van der Waals surface area contributed by atoms with Gasteiger partial charge in [0.05, 0.1) is 19.8 Å². The monoisotopic (exact) mass is 260 g/mol. The van der Waals surface area contributed by atoms with E-state index in [0.717, 1.165) is 7.11 Å². The third-order valence-corrected chi connectivity index (χ3v) is 2.17. The summed E-state index contributed by atoms with van der Waals surface area (Å²) in [5.41, 5.74) is -1.19. The van der Waals surface area contributed by atoms with Gasteiger partial charge in [-0.05, 0) is 17.7 Å². The SMILES string of the molecule is COC(=O)/C=C(\c1ccc(OC)cc1)C(F)(F)F. The fourth-order valence-corrected chi connectivity index (χ4v) is 1.28. The van der Waals surface area contributed by atoms with Gasteiger partial charge in [0, 0.05) is 6.08 Å². The summed E-state index contributed by atoms with van der Waals surface area (Å²) in [5.74, 6) is -0.628. The zero-order chi connectivity index (χ0) is 13.8. The third-order valence-electron chi connectivity index (χ3n) is 2.17. The Morgan fingerprint density at radius 2 is 1.72 bits per heavy atom. The molecule has 98 valence electrons. The number of rotatable bonds is 3. The van der Waals surface area contributed by atoms with Gasteiger partial charge in [-0.3, -0.25) is 0 Å². The molecule has 0 amide bonds. The van der Waals surface area contributed by atoms with Crippen LogP contribution in [0.1, 0.15) is 5.56 Å². The topological polar surface area (TPSA) is 35.5 Å². The van der Waals surface area contributed by atoms with Gasteiger partial charge in [-0.15, -0.1) is 0 Å². The number of hydrogen-bond donors (Lipinski definition) is 0. The molecule has 1 aromatic carbocycles. The Hall–Kier alpha value is -1.98. The summed E-state index contributed by atoms with van der Waals surface area (Å²) < 4.78 is 47.4. The van der Waals surface area contributed by atoms with Crippen molar-refractivity contribution in [2.75, 3.05) is 14.2 Å². The second-order valence-corrected chi connectivity index (χ2v) is 3.31. The first-order valence-electron chi connectivity index (χ1n) is 4.89. The predicted molar refractivity (Wildman–Crippen MR) is 59.0 cm³/mol. The highest BCUT2D eigenvalue weighted by atomic mass is 19.4. The van der Waals surface area contributed by atoms with Crippen molar-refractivity contribution in [3.8, 4) is 5.75 Å². The largest absolute Gasteiger partial charge is 0.497 e. The smallest absolute Gasteiger partial charge is 0.417 e. The molecule has 6 heteroatoms. The summed E-state index contributed by atoms with van der Waals surface area (Å²) in [5, 5.41) is 0. The van der Waals surface area contributed by atoms with E-state index in [1.165, 1.54) is 31.4 Å². The van der Waals surface area contributed by atoms with Gasteiger partial charge >= 0.3 is 12.1 Å². The molecule has 0 unspecified atom stereocenters. The Bertz CT molecular complexity index is 447. The fourth-order valence-electron chi connectivity index (χ4n) is 1.28. The Balaban J connectivity index is 3.18. The molecule has 0 spiro atoms. The number of carbonyl (C=O) groups is 1. The summed E-state index contributed by atoms with van der Waals surface area (Å²) in [6.45, 7) is 0. The van der Waals surface area contributed by atoms with Gasteiger partial charge in [0.25, 0.3) is 0 Å². The van der Waals surface area contributed by atoms with Crippen molar-refractivity contribution in [2.45, 2.75) is 6.18 Å². The number of esters is 1. The predicted octanol–water partition coefficient (Wildman–Crippen LogP) is 2.81. The van der Waals surface area contributed by atoms with Crippen LogP contribution in [0.15, 0.2) is 30.3 Å². The van der Waals surface area contributed by atoms with Crippen molar-refractivity contribution >= 4 is 11.5 Å². The first-order chi connectivity index (χ1) is 8.38. The van der Waals surface area contributed by atoms with Crippen LogP contribution in [0.4, 0.5) is 13.2 Å². The number of carbonyl (C=O) groups excluding carboxylic acids is 1. The van der Waals surface area contributed by atoms with Crippen molar-refractivity contribution in [1.82, 2.24) is 0 Å². The molecule has 0 aliphatic heterocycles. The molecular weight excluding hydrogens is 249 g/mol. The van der Waals surface area contributed by atoms with Crippen LogP contribution in [0.25, 0.3) is 5.57 Å². The zero-order valence-corrected chi connectivity index (χ0v) is 9.75. The number of halogens is 3. The fraction of sp³-hybridized carbons (Fsp3) is 0.250. The van der Waals surface area contributed by atoms with E-state index < -0.39 is 17.7 Å². The zero-order valence-electron chi connectivity index (χ0n) is 9.75. The van der Waals surface area contributed by atoms with E-state index in [2.05, 4.69) is 4.74 Å². The highest BCUT2D eigenvalue weighted by Gasteiger charge is 2.35. The first kappa shape index (κ1) is 14.1. The Kier molecular flexibility index (Phi) is 4.36. The maximum Gasteiger partial charge on any atom is 0.417 e. The lowest BCUT2D eigenvalue weighted by atomic mass is 10.1. The molecule has 0 heterocycles. The van der Waals surface area contributed by atoms with Gasteiger partial charge in [0.15, 0.2) is 0 Å². The Morgan fingerprint density at radius 3 is 2.11 bits per heavy atom. The minimum Gasteiger partial charge on any atom is -0.497 e. The van der Waals surface area contributed by atoms with E-state index in [9.17, 15) is 18.0 Å². The number of hydrogen-bond acceptors (Lipinski definition) is 3. The summed E-state index contributed by atoms with van der Waals surface area (Å²) >= 11 is 0. The second kappa shape index (κ2) is 5.57. The molecule has 0 saturated heterocycles. The van der Waals surface area contributed by atoms with Crippen LogP contribution < -0.4 is 4.74 Å². The summed E-state index contributed by atoms with van der Waals surface area (Å²) in [6.07, 6.45) is -4.22. The molecule has 18 heavy (non-hydrogen) atoms. The van der Waals surface area contributed by atoms with Gasteiger partial charge in [0.2, 0.25) is 0 Å². The average molecular weight is 260 g/mol. The highest BCUT2D eigenvalue weighted by molar-refractivity contribution is 5.92. The van der Waals surface area contributed by atoms with E-state index in [4.69, 9.17) is 4.74 Å². The molecule has 0 aromatic heterocycles. The standard InChI is InChI=1S/C12H11F3O3/c1-17-9-5-3-8(4-6-9)10(12(13,14)15)7-11(16)18-2/h3-7H,1-2H3/b10-7+.